The molecule has 0 radical (unpaired) electrons. The van der Waals surface area contributed by atoms with E-state index >= 15 is 0 Å². The minimum Gasteiger partial charge on any atom is -0.406 e. The van der Waals surface area contributed by atoms with Crippen LogP contribution in [0.25, 0.3) is 0 Å². The van der Waals surface area contributed by atoms with Crippen molar-refractivity contribution >= 4 is 17.5 Å². The number of thioether (sulfide) groups is 1. The number of benzene rings is 1. The van der Waals surface area contributed by atoms with E-state index in [1.54, 1.807) is 0 Å². The number of rotatable bonds is 4. The molecule has 0 bridgehead atoms. The Kier molecular flexibility index (Phi) is 4.95. The fourth-order valence-corrected chi connectivity index (χ4v) is 2.06. The lowest BCUT2D eigenvalue weighted by Crippen LogP contribution is -2.17. The molecule has 0 fully saturated rings. The maximum Gasteiger partial charge on any atom is 0.573 e. The van der Waals surface area contributed by atoms with Gasteiger partial charge in [-0.25, -0.2) is 0 Å². The predicted molar refractivity (Wildman–Crippen MR) is 59.4 cm³/mol. The van der Waals surface area contributed by atoms with Gasteiger partial charge in [-0.15, -0.1) is 13.2 Å². The molecule has 0 unspecified atom stereocenters. The molecular formula is C11H8F6O2S. The topological polar surface area (TPSA) is 26.3 Å². The summed E-state index contributed by atoms with van der Waals surface area (Å²) in [4.78, 5) is 10.5. The summed E-state index contributed by atoms with van der Waals surface area (Å²) in [6.07, 6.45) is -5.30. The molecule has 0 aliphatic carbocycles. The average Bonchev–Trinajstić information content (AvgIpc) is 2.16. The van der Waals surface area contributed by atoms with Gasteiger partial charge < -0.3 is 4.74 Å². The number of ether oxygens (including phenoxy) is 1. The highest BCUT2D eigenvalue weighted by Gasteiger charge is 2.33. The lowest BCUT2D eigenvalue weighted by molar-refractivity contribution is -0.274. The highest BCUT2D eigenvalue weighted by molar-refractivity contribution is 8.00. The van der Waals surface area contributed by atoms with Crippen LogP contribution in [0.3, 0.4) is 0 Å². The number of carbonyl (C=O) groups is 1. The van der Waals surface area contributed by atoms with Crippen molar-refractivity contribution < 1.29 is 35.9 Å². The molecule has 0 N–H and O–H groups in total. The zero-order valence-corrected chi connectivity index (χ0v) is 10.7. The monoisotopic (exact) mass is 318 g/mol. The van der Waals surface area contributed by atoms with Crippen LogP contribution < -0.4 is 4.74 Å². The van der Waals surface area contributed by atoms with E-state index in [-0.39, 0.29) is 12.0 Å². The van der Waals surface area contributed by atoms with Gasteiger partial charge in [-0.1, -0.05) is 6.07 Å². The summed E-state index contributed by atoms with van der Waals surface area (Å²) in [6, 6.07) is 2.49. The first kappa shape index (κ1) is 16.7. The van der Waals surface area contributed by atoms with Gasteiger partial charge in [0.15, 0.2) is 0 Å². The van der Waals surface area contributed by atoms with Crippen LogP contribution in [0.5, 0.6) is 5.75 Å². The summed E-state index contributed by atoms with van der Waals surface area (Å²) in [7, 11) is 0. The fourth-order valence-electron chi connectivity index (χ4n) is 1.37. The maximum atomic E-state index is 12.3. The standard InChI is InChI=1S/C11H8F6O2S/c1-6(18)4-7-2-3-8(19-10(12,13)14)5-9(7)20-11(15,16)17/h2-3,5H,4H2,1H3. The Morgan fingerprint density at radius 3 is 2.25 bits per heavy atom. The van der Waals surface area contributed by atoms with Crippen LogP contribution in [-0.4, -0.2) is 17.7 Å². The summed E-state index contributed by atoms with van der Waals surface area (Å²) in [5.74, 6) is -1.17. The van der Waals surface area contributed by atoms with Crippen molar-refractivity contribution in [2.75, 3.05) is 0 Å². The average molecular weight is 318 g/mol. The Labute approximate surface area is 114 Å². The number of halogens is 6. The molecule has 2 nitrogen and oxygen atoms in total. The van der Waals surface area contributed by atoms with E-state index in [1.165, 1.54) is 6.92 Å². The molecule has 0 aliphatic heterocycles. The van der Waals surface area contributed by atoms with Gasteiger partial charge in [-0.2, -0.15) is 13.2 Å². The predicted octanol–water partition coefficient (Wildman–Crippen LogP) is 4.33. The molecule has 0 spiro atoms. The molecule has 1 rings (SSSR count). The van der Waals surface area contributed by atoms with E-state index in [1.807, 2.05) is 0 Å². The highest BCUT2D eigenvalue weighted by Crippen LogP contribution is 2.40. The van der Waals surface area contributed by atoms with Crippen LogP contribution >= 0.6 is 11.8 Å². The second-order valence-electron chi connectivity index (χ2n) is 3.74. The SMILES string of the molecule is CC(=O)Cc1ccc(OC(F)(F)F)cc1SC(F)(F)F. The molecule has 1 aromatic carbocycles. The van der Waals surface area contributed by atoms with Gasteiger partial charge in [0.2, 0.25) is 0 Å². The third-order valence-electron chi connectivity index (χ3n) is 1.94. The fraction of sp³-hybridized carbons (Fsp3) is 0.364. The van der Waals surface area contributed by atoms with E-state index in [9.17, 15) is 31.1 Å². The normalized spacial score (nSPS) is 12.3. The molecule has 0 heterocycles. The first-order valence-electron chi connectivity index (χ1n) is 5.10. The van der Waals surface area contributed by atoms with Crippen molar-refractivity contribution in [1.82, 2.24) is 0 Å². The number of alkyl halides is 6. The Morgan fingerprint density at radius 2 is 1.80 bits per heavy atom. The zero-order valence-electron chi connectivity index (χ0n) is 9.93. The van der Waals surface area contributed by atoms with Crippen molar-refractivity contribution in [2.45, 2.75) is 30.1 Å². The first-order chi connectivity index (χ1) is 8.96. The summed E-state index contributed by atoms with van der Waals surface area (Å²) >= 11 is -0.590. The van der Waals surface area contributed by atoms with E-state index < -0.39 is 40.1 Å². The van der Waals surface area contributed by atoms with E-state index in [4.69, 9.17) is 0 Å². The van der Waals surface area contributed by atoms with Gasteiger partial charge in [0.25, 0.3) is 0 Å². The third kappa shape index (κ3) is 6.18. The number of hydrogen-bond acceptors (Lipinski definition) is 3. The van der Waals surface area contributed by atoms with Crippen LogP contribution in [0.15, 0.2) is 23.1 Å². The quantitative estimate of drug-likeness (QED) is 0.610. The number of hydrogen-bond donors (Lipinski definition) is 0. The van der Waals surface area contributed by atoms with Crippen LogP contribution in [0.4, 0.5) is 26.3 Å². The largest absolute Gasteiger partial charge is 0.573 e. The van der Waals surface area contributed by atoms with E-state index in [0.717, 1.165) is 12.1 Å². The van der Waals surface area contributed by atoms with Crippen LogP contribution in [0, 0.1) is 0 Å². The van der Waals surface area contributed by atoms with Crippen molar-refractivity contribution in [3.63, 3.8) is 0 Å². The summed E-state index contributed by atoms with van der Waals surface area (Å²) in [5, 5.41) is 0. The molecule has 0 atom stereocenters. The van der Waals surface area contributed by atoms with Gasteiger partial charge in [0, 0.05) is 11.3 Å². The maximum absolute atomic E-state index is 12.3. The Hall–Kier alpha value is -1.38. The minimum atomic E-state index is -5.00. The van der Waals surface area contributed by atoms with E-state index in [2.05, 4.69) is 4.74 Å². The van der Waals surface area contributed by atoms with Gasteiger partial charge in [0.05, 0.1) is 0 Å². The first-order valence-corrected chi connectivity index (χ1v) is 5.92. The number of carbonyl (C=O) groups excluding carboxylic acids is 1. The minimum absolute atomic E-state index is 0.00523. The lowest BCUT2D eigenvalue weighted by atomic mass is 10.1. The molecule has 0 aromatic heterocycles. The lowest BCUT2D eigenvalue weighted by Gasteiger charge is -2.14. The summed E-state index contributed by atoms with van der Waals surface area (Å²) in [5.41, 5.74) is -4.68. The zero-order chi connectivity index (χ0) is 15.6. The Morgan fingerprint density at radius 1 is 1.20 bits per heavy atom. The molecule has 0 saturated heterocycles. The molecule has 20 heavy (non-hydrogen) atoms. The van der Waals surface area contributed by atoms with Gasteiger partial charge in [-0.05, 0) is 36.4 Å². The van der Waals surface area contributed by atoms with Crippen molar-refractivity contribution in [3.05, 3.63) is 23.8 Å². The van der Waals surface area contributed by atoms with Crippen LogP contribution in [-0.2, 0) is 11.2 Å². The third-order valence-corrected chi connectivity index (χ3v) is 2.77. The smallest absolute Gasteiger partial charge is 0.406 e. The van der Waals surface area contributed by atoms with Crippen molar-refractivity contribution in [3.8, 4) is 5.75 Å². The highest BCUT2D eigenvalue weighted by atomic mass is 32.2. The second-order valence-corrected chi connectivity index (χ2v) is 4.85. The molecule has 0 amide bonds. The molecule has 1 aromatic rings. The number of Topliss-reactive ketones (excluding diaryl/α,β-unsaturated/α-hetero) is 1. The molecule has 112 valence electrons. The molecule has 9 heteroatoms. The molecular weight excluding hydrogens is 310 g/mol. The van der Waals surface area contributed by atoms with Crippen molar-refractivity contribution in [2.24, 2.45) is 0 Å². The number of ketones is 1. The molecule has 0 saturated carbocycles. The van der Waals surface area contributed by atoms with Crippen LogP contribution in [0.2, 0.25) is 0 Å². The van der Waals surface area contributed by atoms with Gasteiger partial charge >= 0.3 is 11.9 Å². The Balaban J connectivity index is 3.11. The van der Waals surface area contributed by atoms with Gasteiger partial charge in [0.1, 0.15) is 11.5 Å². The van der Waals surface area contributed by atoms with Crippen LogP contribution in [0.1, 0.15) is 12.5 Å². The van der Waals surface area contributed by atoms with Crippen molar-refractivity contribution in [1.29, 1.82) is 0 Å². The Bertz CT molecular complexity index is 495. The second kappa shape index (κ2) is 5.94. The molecule has 0 aliphatic rings. The summed E-state index contributed by atoms with van der Waals surface area (Å²) in [6.45, 7) is 1.17. The van der Waals surface area contributed by atoms with Gasteiger partial charge in [-0.3, -0.25) is 4.79 Å². The summed E-state index contributed by atoms with van der Waals surface area (Å²) < 4.78 is 76.6. The van der Waals surface area contributed by atoms with E-state index in [0.29, 0.717) is 6.07 Å².